The first-order chi connectivity index (χ1) is 11.4. The van der Waals surface area contributed by atoms with Crippen LogP contribution in [-0.4, -0.2) is 21.5 Å². The van der Waals surface area contributed by atoms with Crippen molar-refractivity contribution in [1.82, 2.24) is 5.32 Å². The molecule has 0 unspecified atom stereocenters. The Morgan fingerprint density at radius 2 is 1.71 bits per heavy atom. The molecular formula is C17H20Cl2N2O2S. The highest BCUT2D eigenvalue weighted by molar-refractivity contribution is 7.92. The van der Waals surface area contributed by atoms with E-state index in [4.69, 9.17) is 23.2 Å². The molecule has 0 bridgehead atoms. The van der Waals surface area contributed by atoms with Gasteiger partial charge in [-0.05, 0) is 61.8 Å². The van der Waals surface area contributed by atoms with Gasteiger partial charge >= 0.3 is 0 Å². The van der Waals surface area contributed by atoms with Gasteiger partial charge in [-0.1, -0.05) is 42.3 Å². The molecule has 0 saturated heterocycles. The van der Waals surface area contributed by atoms with E-state index in [1.54, 1.807) is 12.1 Å². The van der Waals surface area contributed by atoms with Crippen molar-refractivity contribution < 1.29 is 8.42 Å². The molecule has 0 amide bonds. The third kappa shape index (κ3) is 5.38. The van der Waals surface area contributed by atoms with Gasteiger partial charge in [-0.15, -0.1) is 0 Å². The van der Waals surface area contributed by atoms with Crippen LogP contribution in [0.1, 0.15) is 18.9 Å². The van der Waals surface area contributed by atoms with Crippen LogP contribution in [0.25, 0.3) is 0 Å². The second-order valence-electron chi connectivity index (χ2n) is 5.38. The molecule has 0 radical (unpaired) electrons. The number of benzene rings is 2. The summed E-state index contributed by atoms with van der Waals surface area (Å²) in [5.74, 6) is 0. The van der Waals surface area contributed by atoms with E-state index in [2.05, 4.69) is 17.0 Å². The highest BCUT2D eigenvalue weighted by atomic mass is 35.5. The number of rotatable bonds is 8. The van der Waals surface area contributed by atoms with E-state index < -0.39 is 10.0 Å². The molecule has 2 aromatic rings. The Labute approximate surface area is 153 Å². The van der Waals surface area contributed by atoms with Crippen LogP contribution < -0.4 is 10.0 Å². The van der Waals surface area contributed by atoms with E-state index in [0.29, 0.717) is 10.7 Å². The van der Waals surface area contributed by atoms with E-state index in [1.807, 2.05) is 12.1 Å². The van der Waals surface area contributed by atoms with Crippen molar-refractivity contribution >= 4 is 38.9 Å². The number of hydrogen-bond acceptors (Lipinski definition) is 3. The fourth-order valence-electron chi connectivity index (χ4n) is 2.18. The zero-order valence-corrected chi connectivity index (χ0v) is 15.7. The van der Waals surface area contributed by atoms with E-state index in [0.717, 1.165) is 31.5 Å². The Bertz CT molecular complexity index is 778. The van der Waals surface area contributed by atoms with Gasteiger partial charge in [0, 0.05) is 10.7 Å². The van der Waals surface area contributed by atoms with Crippen molar-refractivity contribution in [2.24, 2.45) is 0 Å². The molecule has 130 valence electrons. The van der Waals surface area contributed by atoms with Crippen LogP contribution in [0.4, 0.5) is 5.69 Å². The van der Waals surface area contributed by atoms with Crippen molar-refractivity contribution in [2.75, 3.05) is 17.8 Å². The van der Waals surface area contributed by atoms with Gasteiger partial charge in [-0.3, -0.25) is 4.72 Å². The predicted molar refractivity (Wildman–Crippen MR) is 101 cm³/mol. The van der Waals surface area contributed by atoms with Gasteiger partial charge in [0.1, 0.15) is 4.90 Å². The Hall–Kier alpha value is -1.27. The fraction of sp³-hybridized carbons (Fsp3) is 0.294. The van der Waals surface area contributed by atoms with Gasteiger partial charge in [-0.2, -0.15) is 0 Å². The third-order valence-electron chi connectivity index (χ3n) is 3.41. The van der Waals surface area contributed by atoms with Gasteiger partial charge in [0.2, 0.25) is 0 Å². The summed E-state index contributed by atoms with van der Waals surface area (Å²) in [7, 11) is -3.75. The second-order valence-corrected chi connectivity index (χ2v) is 7.87. The number of nitrogens with one attached hydrogen (secondary N) is 2. The summed E-state index contributed by atoms with van der Waals surface area (Å²) in [5, 5.41) is 3.81. The minimum absolute atomic E-state index is 0.00130. The summed E-state index contributed by atoms with van der Waals surface area (Å²) in [6.07, 6.45) is 2.00. The molecule has 2 rings (SSSR count). The predicted octanol–water partition coefficient (Wildman–Crippen LogP) is 4.34. The van der Waals surface area contributed by atoms with Gasteiger partial charge in [-0.25, -0.2) is 8.42 Å². The smallest absolute Gasteiger partial charge is 0.263 e. The van der Waals surface area contributed by atoms with E-state index in [1.165, 1.54) is 18.2 Å². The molecule has 2 aromatic carbocycles. The molecule has 0 aliphatic heterocycles. The maximum atomic E-state index is 12.4. The maximum absolute atomic E-state index is 12.4. The first kappa shape index (κ1) is 19.1. The monoisotopic (exact) mass is 386 g/mol. The van der Waals surface area contributed by atoms with Crippen LogP contribution in [0.3, 0.4) is 0 Å². The van der Waals surface area contributed by atoms with Gasteiger partial charge < -0.3 is 5.32 Å². The minimum Gasteiger partial charge on any atom is -0.316 e. The van der Waals surface area contributed by atoms with Gasteiger partial charge in [0.05, 0.1) is 5.02 Å². The Morgan fingerprint density at radius 1 is 1.00 bits per heavy atom. The molecule has 0 atom stereocenters. The summed E-state index contributed by atoms with van der Waals surface area (Å²) in [4.78, 5) is 0.00130. The lowest BCUT2D eigenvalue weighted by atomic mass is 10.1. The van der Waals surface area contributed by atoms with Crippen LogP contribution in [0.5, 0.6) is 0 Å². The average Bonchev–Trinajstić information content (AvgIpc) is 2.52. The first-order valence-electron chi connectivity index (χ1n) is 7.70. The molecule has 4 nitrogen and oxygen atoms in total. The van der Waals surface area contributed by atoms with Crippen molar-refractivity contribution in [3.8, 4) is 0 Å². The summed E-state index contributed by atoms with van der Waals surface area (Å²) in [5.41, 5.74) is 1.64. The minimum atomic E-state index is -3.75. The lowest BCUT2D eigenvalue weighted by Gasteiger charge is -2.10. The summed E-state index contributed by atoms with van der Waals surface area (Å²) < 4.78 is 27.4. The Morgan fingerprint density at radius 3 is 2.33 bits per heavy atom. The van der Waals surface area contributed by atoms with Crippen molar-refractivity contribution in [1.29, 1.82) is 0 Å². The zero-order valence-electron chi connectivity index (χ0n) is 13.4. The molecule has 2 N–H and O–H groups in total. The standard InChI is InChI=1S/C17H20Cl2N2O2S/c1-2-10-20-11-9-13-3-6-15(7-4-13)21-24(22,23)17-8-5-14(18)12-16(17)19/h3-8,12,20-21H,2,9-11H2,1H3. The number of sulfonamides is 1. The van der Waals surface area contributed by atoms with Crippen molar-refractivity contribution in [3.05, 3.63) is 58.1 Å². The fourth-order valence-corrected chi connectivity index (χ4v) is 4.01. The highest BCUT2D eigenvalue weighted by Gasteiger charge is 2.18. The Balaban J connectivity index is 2.04. The SMILES string of the molecule is CCCNCCc1ccc(NS(=O)(=O)c2ccc(Cl)cc2Cl)cc1. The molecule has 7 heteroatoms. The summed E-state index contributed by atoms with van der Waals surface area (Å²) in [6, 6.07) is 11.6. The van der Waals surface area contributed by atoms with E-state index >= 15 is 0 Å². The second kappa shape index (κ2) is 8.72. The number of hydrogen-bond donors (Lipinski definition) is 2. The summed E-state index contributed by atoms with van der Waals surface area (Å²) in [6.45, 7) is 4.03. The lowest BCUT2D eigenvalue weighted by molar-refractivity contribution is 0.601. The Kier molecular flexibility index (Phi) is 6.92. The van der Waals surface area contributed by atoms with E-state index in [9.17, 15) is 8.42 Å². The zero-order chi connectivity index (χ0) is 17.6. The van der Waals surface area contributed by atoms with Gasteiger partial charge in [0.25, 0.3) is 10.0 Å². The maximum Gasteiger partial charge on any atom is 0.263 e. The topological polar surface area (TPSA) is 58.2 Å². The highest BCUT2D eigenvalue weighted by Crippen LogP contribution is 2.26. The molecule has 0 aliphatic carbocycles. The molecule has 0 saturated carbocycles. The molecule has 24 heavy (non-hydrogen) atoms. The quantitative estimate of drug-likeness (QED) is 0.663. The first-order valence-corrected chi connectivity index (χ1v) is 9.94. The number of halogens is 2. The van der Waals surface area contributed by atoms with Crippen molar-refractivity contribution in [2.45, 2.75) is 24.7 Å². The largest absolute Gasteiger partial charge is 0.316 e. The third-order valence-corrected chi connectivity index (χ3v) is 5.51. The molecule has 0 fully saturated rings. The molecular weight excluding hydrogens is 367 g/mol. The average molecular weight is 387 g/mol. The molecule has 0 spiro atoms. The molecule has 0 aromatic heterocycles. The van der Waals surface area contributed by atoms with Gasteiger partial charge in [0.15, 0.2) is 0 Å². The lowest BCUT2D eigenvalue weighted by Crippen LogP contribution is -2.17. The molecule has 0 aliphatic rings. The van der Waals surface area contributed by atoms with Crippen LogP contribution in [-0.2, 0) is 16.4 Å². The van der Waals surface area contributed by atoms with Crippen LogP contribution in [0.2, 0.25) is 10.0 Å². The number of anilines is 1. The summed E-state index contributed by atoms with van der Waals surface area (Å²) >= 11 is 11.8. The normalized spacial score (nSPS) is 11.5. The molecule has 0 heterocycles. The van der Waals surface area contributed by atoms with E-state index in [-0.39, 0.29) is 9.92 Å². The van der Waals surface area contributed by atoms with Crippen molar-refractivity contribution in [3.63, 3.8) is 0 Å². The van der Waals surface area contributed by atoms with Crippen LogP contribution >= 0.6 is 23.2 Å². The van der Waals surface area contributed by atoms with Crippen LogP contribution in [0, 0.1) is 0 Å². The van der Waals surface area contributed by atoms with Crippen LogP contribution in [0.15, 0.2) is 47.4 Å².